The highest BCUT2D eigenvalue weighted by Crippen LogP contribution is 2.17. The zero-order chi connectivity index (χ0) is 10.8. The Morgan fingerprint density at radius 1 is 1.57 bits per heavy atom. The van der Waals surface area contributed by atoms with Gasteiger partial charge in [-0.1, -0.05) is 0 Å². The van der Waals surface area contributed by atoms with E-state index in [1.54, 1.807) is 0 Å². The van der Waals surface area contributed by atoms with Crippen LogP contribution >= 0.6 is 0 Å². The van der Waals surface area contributed by atoms with Crippen molar-refractivity contribution in [2.45, 2.75) is 45.3 Å². The lowest BCUT2D eigenvalue weighted by atomic mass is 10.2. The molecule has 1 heterocycles. The van der Waals surface area contributed by atoms with E-state index in [1.165, 1.54) is 4.90 Å². The quantitative estimate of drug-likeness (QED) is 0.554. The molecule has 0 spiro atoms. The number of carbonyl (C=O) groups excluding carboxylic acids is 1. The third kappa shape index (κ3) is 2.71. The van der Waals surface area contributed by atoms with Gasteiger partial charge in [-0.05, 0) is 25.7 Å². The van der Waals surface area contributed by atoms with Gasteiger partial charge in [0.15, 0.2) is 0 Å². The fourth-order valence-corrected chi connectivity index (χ4v) is 1.44. The topological polar surface area (TPSA) is 56.0 Å². The standard InChI is InChI=1S/C10H16N2O2/c1-10(2,3)14-9(13)12-6-4-5-8(12)7-11/h8H,4-6H2,1-3H3/q+1/t8-/m0/s1. The molecular formula is C10H16N2O2+. The van der Waals surface area contributed by atoms with Crippen molar-refractivity contribution in [3.8, 4) is 6.07 Å². The minimum atomic E-state index is -0.486. The van der Waals surface area contributed by atoms with Crippen LogP contribution in [0.2, 0.25) is 0 Å². The predicted octanol–water partition coefficient (Wildman–Crippen LogP) is 1.75. The molecule has 1 amide bonds. The first-order chi connectivity index (χ1) is 6.44. The minimum absolute atomic E-state index is 0.301. The van der Waals surface area contributed by atoms with Crippen LogP contribution in [0.1, 0.15) is 33.6 Å². The molecule has 0 saturated carbocycles. The van der Waals surface area contributed by atoms with Crippen LogP contribution in [0.4, 0.5) is 4.79 Å². The highest BCUT2D eigenvalue weighted by molar-refractivity contribution is 5.72. The van der Waals surface area contributed by atoms with Crippen LogP contribution in [-0.2, 0) is 4.74 Å². The number of hydrogen-bond donors (Lipinski definition) is 0. The third-order valence-electron chi connectivity index (χ3n) is 2.03. The summed E-state index contributed by atoms with van der Waals surface area (Å²) in [4.78, 5) is 13.1. The van der Waals surface area contributed by atoms with E-state index in [1.807, 2.05) is 20.8 Å². The molecule has 0 aromatic carbocycles. The monoisotopic (exact) mass is 196 g/mol. The Morgan fingerprint density at radius 3 is 2.71 bits per heavy atom. The highest BCUT2D eigenvalue weighted by atomic mass is 16.6. The van der Waals surface area contributed by atoms with E-state index in [0.717, 1.165) is 12.8 Å². The molecule has 1 rings (SSSR count). The number of nitriles is 1. The van der Waals surface area contributed by atoms with Crippen molar-refractivity contribution in [3.05, 3.63) is 0 Å². The Hall–Kier alpha value is -1.08. The van der Waals surface area contributed by atoms with E-state index in [4.69, 9.17) is 10.00 Å². The predicted molar refractivity (Wildman–Crippen MR) is 51.9 cm³/mol. The van der Waals surface area contributed by atoms with Crippen LogP contribution in [0.15, 0.2) is 0 Å². The Morgan fingerprint density at radius 2 is 2.21 bits per heavy atom. The molecule has 1 radical (unpaired) electrons. The van der Waals surface area contributed by atoms with Crippen molar-refractivity contribution in [2.24, 2.45) is 0 Å². The van der Waals surface area contributed by atoms with E-state index < -0.39 is 5.60 Å². The number of nitrogens with zero attached hydrogens (tertiary/aromatic N) is 2. The lowest BCUT2D eigenvalue weighted by molar-refractivity contribution is 0.0405. The van der Waals surface area contributed by atoms with Gasteiger partial charge in [-0.2, -0.15) is 10.1 Å². The third-order valence-corrected chi connectivity index (χ3v) is 2.03. The summed E-state index contributed by atoms with van der Waals surface area (Å²) >= 11 is 0. The first-order valence-electron chi connectivity index (χ1n) is 4.83. The Bertz CT molecular complexity index is 262. The average Bonchev–Trinajstić information content (AvgIpc) is 2.47. The minimum Gasteiger partial charge on any atom is -0.411 e. The number of likely N-dealkylation sites (tertiary alicyclic amines) is 1. The first-order valence-corrected chi connectivity index (χ1v) is 4.83. The second-order valence-corrected chi connectivity index (χ2v) is 4.46. The van der Waals surface area contributed by atoms with E-state index in [9.17, 15) is 4.79 Å². The largest absolute Gasteiger partial charge is 0.567 e. The fourth-order valence-electron chi connectivity index (χ4n) is 1.44. The van der Waals surface area contributed by atoms with Crippen molar-refractivity contribution >= 4 is 6.09 Å². The van der Waals surface area contributed by atoms with Crippen molar-refractivity contribution in [2.75, 3.05) is 6.54 Å². The number of rotatable bonds is 0. The average molecular weight is 196 g/mol. The lowest BCUT2D eigenvalue weighted by Crippen LogP contribution is -2.43. The molecule has 4 heteroatoms. The maximum absolute atomic E-state index is 11.6. The van der Waals surface area contributed by atoms with Crippen molar-refractivity contribution < 1.29 is 9.53 Å². The van der Waals surface area contributed by atoms with E-state index in [0.29, 0.717) is 6.54 Å². The van der Waals surface area contributed by atoms with Crippen molar-refractivity contribution in [1.82, 2.24) is 4.90 Å². The molecule has 1 aliphatic heterocycles. The molecule has 1 atom stereocenters. The van der Waals surface area contributed by atoms with Crippen molar-refractivity contribution in [3.63, 3.8) is 0 Å². The number of carbonyl (C=O) groups is 1. The number of hydrogen-bond acceptors (Lipinski definition) is 3. The van der Waals surface area contributed by atoms with Crippen LogP contribution in [0.5, 0.6) is 0 Å². The van der Waals surface area contributed by atoms with E-state index in [2.05, 4.69) is 6.07 Å². The molecule has 77 valence electrons. The second kappa shape index (κ2) is 3.97. The maximum Gasteiger partial charge on any atom is 0.567 e. The first kappa shape index (κ1) is 11.0. The summed E-state index contributed by atoms with van der Waals surface area (Å²) in [7, 11) is 0. The van der Waals surface area contributed by atoms with Gasteiger partial charge < -0.3 is 4.74 Å². The maximum atomic E-state index is 11.6. The Balaban J connectivity index is 2.57. The van der Waals surface area contributed by atoms with Gasteiger partial charge in [-0.15, -0.1) is 0 Å². The van der Waals surface area contributed by atoms with Gasteiger partial charge in [0, 0.05) is 12.8 Å². The summed E-state index contributed by atoms with van der Waals surface area (Å²) in [5.74, 6) is 0. The molecule has 0 aliphatic carbocycles. The van der Waals surface area contributed by atoms with Gasteiger partial charge in [0.25, 0.3) is 0 Å². The van der Waals surface area contributed by atoms with Crippen molar-refractivity contribution in [1.29, 1.82) is 5.26 Å². The fraction of sp³-hybridized carbons (Fsp3) is 0.800. The van der Waals surface area contributed by atoms with E-state index >= 15 is 0 Å². The molecule has 14 heavy (non-hydrogen) atoms. The molecule has 0 aromatic heterocycles. The van der Waals surface area contributed by atoms with Gasteiger partial charge >= 0.3 is 6.09 Å². The van der Waals surface area contributed by atoms with Gasteiger partial charge in [0.05, 0.1) is 0 Å². The zero-order valence-electron chi connectivity index (χ0n) is 8.91. The van der Waals surface area contributed by atoms with Gasteiger partial charge in [-0.25, -0.2) is 0 Å². The number of ether oxygens (including phenoxy) is 1. The van der Waals surface area contributed by atoms with Gasteiger partial charge in [0.2, 0.25) is 6.04 Å². The summed E-state index contributed by atoms with van der Waals surface area (Å²) in [6, 6.07) is 1.80. The summed E-state index contributed by atoms with van der Waals surface area (Å²) in [5, 5.41) is 8.78. The molecule has 0 bridgehead atoms. The van der Waals surface area contributed by atoms with E-state index in [-0.39, 0.29) is 12.1 Å². The molecule has 0 aromatic rings. The van der Waals surface area contributed by atoms with Crippen LogP contribution in [0, 0.1) is 11.3 Å². The summed E-state index contributed by atoms with van der Waals surface area (Å²) in [6.45, 7) is 6.10. The second-order valence-electron chi connectivity index (χ2n) is 4.46. The molecule has 0 unspecified atom stereocenters. The summed E-state index contributed by atoms with van der Waals surface area (Å²) < 4.78 is 5.19. The molecular weight excluding hydrogens is 180 g/mol. The Kier molecular flexibility index (Phi) is 3.12. The zero-order valence-corrected chi connectivity index (χ0v) is 8.91. The van der Waals surface area contributed by atoms with Gasteiger partial charge in [-0.3, -0.25) is 0 Å². The SMILES string of the molecule is CC(C)(C)OC(=O)[N+]1CCC[C@H]1C#N. The summed E-state index contributed by atoms with van der Waals surface area (Å²) in [6.07, 6.45) is 1.27. The molecule has 1 fully saturated rings. The Labute approximate surface area is 84.4 Å². The molecule has 4 nitrogen and oxygen atoms in total. The number of amides is 1. The normalized spacial score (nSPS) is 23.1. The summed E-state index contributed by atoms with van der Waals surface area (Å²) in [5.41, 5.74) is -0.486. The van der Waals surface area contributed by atoms with Crippen LogP contribution in [0.3, 0.4) is 0 Å². The highest BCUT2D eigenvalue weighted by Gasteiger charge is 2.43. The lowest BCUT2D eigenvalue weighted by Gasteiger charge is -2.18. The van der Waals surface area contributed by atoms with Gasteiger partial charge in [0.1, 0.15) is 18.2 Å². The molecule has 1 aliphatic rings. The van der Waals surface area contributed by atoms with Crippen LogP contribution in [-0.4, -0.2) is 24.3 Å². The van der Waals surface area contributed by atoms with Crippen LogP contribution in [0.25, 0.3) is 0 Å². The molecule has 0 N–H and O–H groups in total. The van der Waals surface area contributed by atoms with Crippen LogP contribution < -0.4 is 4.90 Å². The smallest absolute Gasteiger partial charge is 0.411 e. The molecule has 1 saturated heterocycles.